The number of thioether (sulfide) groups is 1. The predicted octanol–water partition coefficient (Wildman–Crippen LogP) is 0.718. The molecule has 0 aliphatic carbocycles. The van der Waals surface area contributed by atoms with E-state index in [2.05, 4.69) is 10.6 Å². The van der Waals surface area contributed by atoms with Crippen molar-refractivity contribution in [3.8, 4) is 0 Å². The van der Waals surface area contributed by atoms with Crippen molar-refractivity contribution >= 4 is 35.9 Å². The quantitative estimate of drug-likeness (QED) is 0.536. The molecule has 9 nitrogen and oxygen atoms in total. The molecule has 0 bridgehead atoms. The van der Waals surface area contributed by atoms with Gasteiger partial charge in [0, 0.05) is 26.2 Å². The molecule has 1 atom stereocenters. The molecular weight excluding hydrogens is 420 g/mol. The van der Waals surface area contributed by atoms with Crippen molar-refractivity contribution in [1.82, 2.24) is 20.4 Å². The van der Waals surface area contributed by atoms with Crippen molar-refractivity contribution < 1.29 is 23.6 Å². The van der Waals surface area contributed by atoms with Crippen LogP contribution in [0.5, 0.6) is 0 Å². The number of piperidine rings is 1. The van der Waals surface area contributed by atoms with Gasteiger partial charge in [-0.05, 0) is 55.2 Å². The maximum Gasteiger partial charge on any atom is 0.287 e. The van der Waals surface area contributed by atoms with Crippen LogP contribution in [0.2, 0.25) is 0 Å². The van der Waals surface area contributed by atoms with Gasteiger partial charge in [-0.1, -0.05) is 0 Å². The maximum absolute atomic E-state index is 12.9. The number of nitrogens with zero attached hydrogens (tertiary/aromatic N) is 2. The van der Waals surface area contributed by atoms with Gasteiger partial charge in [0.1, 0.15) is 6.04 Å². The van der Waals surface area contributed by atoms with Gasteiger partial charge in [0.25, 0.3) is 5.91 Å². The Labute approximate surface area is 186 Å². The summed E-state index contributed by atoms with van der Waals surface area (Å²) < 4.78 is 5.03. The fourth-order valence-electron chi connectivity index (χ4n) is 4.34. The topological polar surface area (TPSA) is 112 Å². The first-order valence-corrected chi connectivity index (χ1v) is 11.9. The highest BCUT2D eigenvalue weighted by atomic mass is 32.2. The summed E-state index contributed by atoms with van der Waals surface area (Å²) in [5, 5.41) is 5.25. The zero-order valence-corrected chi connectivity index (χ0v) is 18.6. The zero-order chi connectivity index (χ0) is 22.3. The molecule has 1 aromatic heterocycles. The Balaban J connectivity index is 1.46. The lowest BCUT2D eigenvalue weighted by atomic mass is 9.78. The second kappa shape index (κ2) is 10.7. The number of carbonyl (C=O) groups excluding carboxylic acids is 4. The first-order chi connectivity index (χ1) is 15.0. The SMILES string of the molecule is CSCC[C@H](NC=O)C(=O)N1CCC2(CCN(C(=O)CNC(=O)c3ccco3)CC2)C1. The third-order valence-corrected chi connectivity index (χ3v) is 6.89. The van der Waals surface area contributed by atoms with Crippen molar-refractivity contribution in [3.05, 3.63) is 24.2 Å². The van der Waals surface area contributed by atoms with E-state index < -0.39 is 11.9 Å². The van der Waals surface area contributed by atoms with Crippen LogP contribution < -0.4 is 10.6 Å². The molecule has 0 radical (unpaired) electrons. The standard InChI is InChI=1S/C21H30N4O5S/c1-31-12-4-16(23-15-26)20(29)25-10-7-21(14-25)5-8-24(9-6-21)18(27)13-22-19(28)17-3-2-11-30-17/h2-3,11,15-16H,4-10,12-14H2,1H3,(H,22,28)(H,23,26)/t16-/m0/s1. The highest BCUT2D eigenvalue weighted by Gasteiger charge is 2.43. The number of amides is 4. The van der Waals surface area contributed by atoms with Gasteiger partial charge in [-0.3, -0.25) is 19.2 Å². The lowest BCUT2D eigenvalue weighted by Crippen LogP contribution is -2.49. The largest absolute Gasteiger partial charge is 0.459 e. The monoisotopic (exact) mass is 450 g/mol. The van der Waals surface area contributed by atoms with E-state index in [9.17, 15) is 19.2 Å². The van der Waals surface area contributed by atoms with Gasteiger partial charge in [-0.15, -0.1) is 0 Å². The third-order valence-electron chi connectivity index (χ3n) is 6.25. The van der Waals surface area contributed by atoms with Crippen LogP contribution in [0.25, 0.3) is 0 Å². The predicted molar refractivity (Wildman–Crippen MR) is 116 cm³/mol. The highest BCUT2D eigenvalue weighted by molar-refractivity contribution is 7.98. The summed E-state index contributed by atoms with van der Waals surface area (Å²) in [7, 11) is 0. The van der Waals surface area contributed by atoms with Crippen molar-refractivity contribution in [2.75, 3.05) is 44.7 Å². The molecule has 170 valence electrons. The number of likely N-dealkylation sites (tertiary alicyclic amines) is 2. The molecule has 2 N–H and O–H groups in total. The van der Waals surface area contributed by atoms with Crippen LogP contribution in [0, 0.1) is 5.41 Å². The van der Waals surface area contributed by atoms with E-state index in [0.717, 1.165) is 25.0 Å². The Morgan fingerprint density at radius 2 is 1.94 bits per heavy atom. The van der Waals surface area contributed by atoms with Gasteiger partial charge in [-0.25, -0.2) is 0 Å². The Morgan fingerprint density at radius 3 is 2.55 bits per heavy atom. The molecular formula is C21H30N4O5S. The minimum absolute atomic E-state index is 0.0165. The molecule has 2 fully saturated rings. The number of rotatable bonds is 9. The molecule has 3 rings (SSSR count). The number of hydrogen-bond donors (Lipinski definition) is 2. The molecule has 4 amide bonds. The number of nitrogens with one attached hydrogen (secondary N) is 2. The smallest absolute Gasteiger partial charge is 0.287 e. The molecule has 31 heavy (non-hydrogen) atoms. The Bertz CT molecular complexity index is 777. The summed E-state index contributed by atoms with van der Waals surface area (Å²) in [6.07, 6.45) is 7.17. The zero-order valence-electron chi connectivity index (χ0n) is 17.8. The summed E-state index contributed by atoms with van der Waals surface area (Å²) in [6.45, 7) is 2.51. The maximum atomic E-state index is 12.9. The van der Waals surface area contributed by atoms with Crippen LogP contribution >= 0.6 is 11.8 Å². The van der Waals surface area contributed by atoms with E-state index in [0.29, 0.717) is 39.0 Å². The second-order valence-electron chi connectivity index (χ2n) is 8.17. The van der Waals surface area contributed by atoms with Crippen LogP contribution in [-0.2, 0) is 14.4 Å². The summed E-state index contributed by atoms with van der Waals surface area (Å²) in [6, 6.07) is 2.70. The minimum atomic E-state index is -0.473. The van der Waals surface area contributed by atoms with Crippen LogP contribution in [0.15, 0.2) is 22.8 Å². The van der Waals surface area contributed by atoms with Gasteiger partial charge >= 0.3 is 0 Å². The van der Waals surface area contributed by atoms with Crippen LogP contribution in [0.3, 0.4) is 0 Å². The third kappa shape index (κ3) is 5.81. The molecule has 2 saturated heterocycles. The van der Waals surface area contributed by atoms with Gasteiger partial charge < -0.3 is 24.9 Å². The van der Waals surface area contributed by atoms with E-state index in [1.165, 1.54) is 6.26 Å². The minimum Gasteiger partial charge on any atom is -0.459 e. The van der Waals surface area contributed by atoms with Crippen molar-refractivity contribution in [1.29, 1.82) is 0 Å². The average Bonchev–Trinajstić information content (AvgIpc) is 3.46. The Hall–Kier alpha value is -2.49. The molecule has 2 aliphatic rings. The summed E-state index contributed by atoms with van der Waals surface area (Å²) >= 11 is 1.65. The molecule has 1 spiro atoms. The van der Waals surface area contributed by atoms with E-state index >= 15 is 0 Å². The molecule has 2 aliphatic heterocycles. The second-order valence-corrected chi connectivity index (χ2v) is 9.15. The summed E-state index contributed by atoms with van der Waals surface area (Å²) in [5.41, 5.74) is 0.0229. The van der Waals surface area contributed by atoms with Crippen molar-refractivity contribution in [2.24, 2.45) is 5.41 Å². The van der Waals surface area contributed by atoms with Crippen LogP contribution in [-0.4, -0.2) is 84.7 Å². The van der Waals surface area contributed by atoms with Gasteiger partial charge in [0.15, 0.2) is 5.76 Å². The molecule has 3 heterocycles. The Kier molecular flexibility index (Phi) is 8.00. The number of furan rings is 1. The summed E-state index contributed by atoms with van der Waals surface area (Å²) in [5.74, 6) is 0.451. The fraction of sp³-hybridized carbons (Fsp3) is 0.619. The van der Waals surface area contributed by atoms with E-state index in [-0.39, 0.29) is 29.5 Å². The van der Waals surface area contributed by atoms with Crippen molar-refractivity contribution in [3.63, 3.8) is 0 Å². The van der Waals surface area contributed by atoms with Crippen molar-refractivity contribution in [2.45, 2.75) is 31.7 Å². The van der Waals surface area contributed by atoms with Crippen LogP contribution in [0.1, 0.15) is 36.2 Å². The number of hydrogen-bond acceptors (Lipinski definition) is 6. The first-order valence-electron chi connectivity index (χ1n) is 10.5. The van der Waals surface area contributed by atoms with E-state index in [4.69, 9.17) is 4.42 Å². The van der Waals surface area contributed by atoms with Gasteiger partial charge in [0.2, 0.25) is 18.2 Å². The lowest BCUT2D eigenvalue weighted by molar-refractivity contribution is -0.135. The highest BCUT2D eigenvalue weighted by Crippen LogP contribution is 2.40. The lowest BCUT2D eigenvalue weighted by Gasteiger charge is -2.39. The molecule has 10 heteroatoms. The molecule has 0 saturated carbocycles. The Morgan fingerprint density at radius 1 is 1.23 bits per heavy atom. The summed E-state index contributed by atoms with van der Waals surface area (Å²) in [4.78, 5) is 51.8. The molecule has 1 aromatic rings. The van der Waals surface area contributed by atoms with Gasteiger partial charge in [0.05, 0.1) is 12.8 Å². The normalized spacial score (nSPS) is 18.6. The van der Waals surface area contributed by atoms with E-state index in [1.54, 1.807) is 28.8 Å². The fourth-order valence-corrected chi connectivity index (χ4v) is 4.81. The molecule has 0 unspecified atom stereocenters. The average molecular weight is 451 g/mol. The van der Waals surface area contributed by atoms with Crippen LogP contribution in [0.4, 0.5) is 0 Å². The van der Waals surface area contributed by atoms with Gasteiger partial charge in [-0.2, -0.15) is 11.8 Å². The molecule has 0 aromatic carbocycles. The number of carbonyl (C=O) groups is 4. The van der Waals surface area contributed by atoms with E-state index in [1.807, 2.05) is 11.2 Å². The first kappa shape index (κ1) is 23.2.